The number of hydrogen-bond acceptors (Lipinski definition) is 6. The van der Waals surface area contributed by atoms with Gasteiger partial charge in [0.05, 0.1) is 5.52 Å². The number of nitrogens with zero attached hydrogens (tertiary/aromatic N) is 2. The van der Waals surface area contributed by atoms with Crippen molar-refractivity contribution in [1.29, 1.82) is 0 Å². The summed E-state index contributed by atoms with van der Waals surface area (Å²) in [5, 5.41) is 14.7. The van der Waals surface area contributed by atoms with Gasteiger partial charge in [-0.05, 0) is 50.0 Å². The minimum Gasteiger partial charge on any atom is -0.476 e. The molecule has 0 amide bonds. The van der Waals surface area contributed by atoms with E-state index >= 15 is 0 Å². The van der Waals surface area contributed by atoms with E-state index in [-0.39, 0.29) is 17.2 Å². The van der Waals surface area contributed by atoms with Crippen LogP contribution in [-0.4, -0.2) is 64.7 Å². The fourth-order valence-corrected chi connectivity index (χ4v) is 3.49. The molecule has 0 unspecified atom stereocenters. The van der Waals surface area contributed by atoms with Crippen LogP contribution in [0.5, 0.6) is 5.75 Å². The molecule has 0 saturated carbocycles. The summed E-state index contributed by atoms with van der Waals surface area (Å²) in [7, 11) is 0. The number of aromatic amines is 1. The number of carboxylic acids is 1. The normalized spacial score (nSPS) is 23.6. The second kappa shape index (κ2) is 8.05. The van der Waals surface area contributed by atoms with Gasteiger partial charge in [0.2, 0.25) is 0 Å². The molecule has 5 rings (SSSR count). The molecule has 28 heavy (non-hydrogen) atoms. The molecule has 1 atom stereocenters. The number of benzene rings is 1. The molecule has 152 valence electrons. The summed E-state index contributed by atoms with van der Waals surface area (Å²) < 4.78 is 44.6. The van der Waals surface area contributed by atoms with E-state index in [4.69, 9.17) is 9.84 Å². The summed E-state index contributed by atoms with van der Waals surface area (Å²) in [4.78, 5) is 23.2. The fraction of sp³-hybridized carbons (Fsp3) is 0.471. The zero-order valence-electron chi connectivity index (χ0n) is 14.6. The van der Waals surface area contributed by atoms with Crippen LogP contribution in [-0.2, 0) is 9.53 Å². The third-order valence-electron chi connectivity index (χ3n) is 4.80. The fourth-order valence-electron chi connectivity index (χ4n) is 3.49. The zero-order valence-corrected chi connectivity index (χ0v) is 14.6. The van der Waals surface area contributed by atoms with Gasteiger partial charge in [-0.1, -0.05) is 0 Å². The van der Waals surface area contributed by atoms with Crippen LogP contribution < -0.4 is 4.74 Å². The highest BCUT2D eigenvalue weighted by atomic mass is 19.4. The number of carbonyl (C=O) groups excluding carboxylic acids is 1. The number of aromatic nitrogens is 2. The predicted octanol–water partition coefficient (Wildman–Crippen LogP) is 2.41. The first-order chi connectivity index (χ1) is 13.3. The van der Waals surface area contributed by atoms with Crippen LogP contribution in [0.1, 0.15) is 23.3 Å². The van der Waals surface area contributed by atoms with Crippen molar-refractivity contribution in [2.45, 2.75) is 25.3 Å². The number of aromatic carboxylic acids is 1. The second-order valence-electron chi connectivity index (χ2n) is 6.54. The molecule has 8 nitrogen and oxygen atoms in total. The lowest BCUT2D eigenvalue weighted by Crippen LogP contribution is -2.51. The molecule has 2 N–H and O–H groups in total. The first-order valence-corrected chi connectivity index (χ1v) is 8.55. The summed E-state index contributed by atoms with van der Waals surface area (Å²) in [5.74, 6) is -1.18. The molecule has 2 bridgehead atoms. The molecule has 0 aliphatic carbocycles. The molecule has 3 saturated heterocycles. The van der Waals surface area contributed by atoms with Crippen molar-refractivity contribution in [3.8, 4) is 5.75 Å². The van der Waals surface area contributed by atoms with E-state index in [0.29, 0.717) is 17.9 Å². The van der Waals surface area contributed by atoms with E-state index in [1.807, 2.05) is 0 Å². The Bertz CT molecular complexity index is 846. The van der Waals surface area contributed by atoms with Crippen LogP contribution in [0.15, 0.2) is 18.2 Å². The van der Waals surface area contributed by atoms with Gasteiger partial charge in [-0.15, -0.1) is 13.2 Å². The van der Waals surface area contributed by atoms with E-state index in [1.165, 1.54) is 32.0 Å². The molecule has 4 heterocycles. The highest BCUT2D eigenvalue weighted by molar-refractivity contribution is 6.01. The molecule has 3 aliphatic heterocycles. The van der Waals surface area contributed by atoms with Gasteiger partial charge in [0.1, 0.15) is 11.9 Å². The van der Waals surface area contributed by atoms with Gasteiger partial charge in [0.15, 0.2) is 5.69 Å². The van der Waals surface area contributed by atoms with Gasteiger partial charge < -0.3 is 14.6 Å². The lowest BCUT2D eigenvalue weighted by atomic mass is 9.86. The van der Waals surface area contributed by atoms with Crippen LogP contribution in [0.25, 0.3) is 10.9 Å². The number of alkyl halides is 3. The van der Waals surface area contributed by atoms with Crippen molar-refractivity contribution >= 4 is 23.3 Å². The molecule has 1 aromatic heterocycles. The minimum absolute atomic E-state index is 0.0549. The Hall–Kier alpha value is -2.82. The number of ether oxygens (including phenoxy) is 2. The topological polar surface area (TPSA) is 105 Å². The standard InChI is InChI=1S/C9H5F3N2O3.C8H13NO2/c10-9(11,12)17-4-1-2-6-5(3-4)7(8(15)16)14-13-6;10-6-11-8-5-9-3-1-7(8)2-4-9/h1-3H,(H,13,14)(H,15,16);6-8H,1-5H2/t;8-/m.1/s1. The Morgan fingerprint density at radius 1 is 1.32 bits per heavy atom. The SMILES string of the molecule is O=C(O)c1n[nH]c2ccc(OC(F)(F)F)cc12.O=CO[C@@H]1CN2CCC1CC2. The average Bonchev–Trinajstić information content (AvgIpc) is 3.06. The van der Waals surface area contributed by atoms with Gasteiger partial charge >= 0.3 is 12.3 Å². The molecular weight excluding hydrogens is 383 g/mol. The monoisotopic (exact) mass is 401 g/mol. The smallest absolute Gasteiger partial charge is 0.476 e. The van der Waals surface area contributed by atoms with Crippen molar-refractivity contribution < 1.29 is 37.3 Å². The number of carboxylic acid groups (broad SMARTS) is 1. The van der Waals surface area contributed by atoms with Gasteiger partial charge in [-0.25, -0.2) is 4.79 Å². The molecule has 0 radical (unpaired) electrons. The van der Waals surface area contributed by atoms with E-state index in [0.717, 1.165) is 18.7 Å². The predicted molar refractivity (Wildman–Crippen MR) is 89.8 cm³/mol. The summed E-state index contributed by atoms with van der Waals surface area (Å²) >= 11 is 0. The number of rotatable bonds is 4. The van der Waals surface area contributed by atoms with Crippen molar-refractivity contribution in [3.05, 3.63) is 23.9 Å². The van der Waals surface area contributed by atoms with Gasteiger partial charge in [-0.3, -0.25) is 14.8 Å². The van der Waals surface area contributed by atoms with Gasteiger partial charge in [-0.2, -0.15) is 5.10 Å². The molecule has 0 spiro atoms. The highest BCUT2D eigenvalue weighted by Crippen LogP contribution is 2.29. The maximum absolute atomic E-state index is 12.0. The molecule has 11 heteroatoms. The lowest BCUT2D eigenvalue weighted by molar-refractivity contribution is -0.274. The van der Waals surface area contributed by atoms with E-state index in [1.54, 1.807) is 0 Å². The molecule has 3 fully saturated rings. The Labute approximate surface area is 157 Å². The molecule has 2 aromatic rings. The summed E-state index contributed by atoms with van der Waals surface area (Å²) in [6, 6.07) is 3.30. The lowest BCUT2D eigenvalue weighted by Gasteiger charge is -2.43. The van der Waals surface area contributed by atoms with Crippen LogP contribution >= 0.6 is 0 Å². The molecule has 1 aromatic carbocycles. The van der Waals surface area contributed by atoms with Crippen LogP contribution in [0.2, 0.25) is 0 Å². The van der Waals surface area contributed by atoms with Crippen molar-refractivity contribution in [1.82, 2.24) is 15.1 Å². The Morgan fingerprint density at radius 2 is 2.04 bits per heavy atom. The van der Waals surface area contributed by atoms with Crippen LogP contribution in [0.3, 0.4) is 0 Å². The third kappa shape index (κ3) is 4.71. The number of hydrogen-bond donors (Lipinski definition) is 2. The number of piperidine rings is 3. The van der Waals surface area contributed by atoms with Gasteiger partial charge in [0.25, 0.3) is 6.47 Å². The summed E-state index contributed by atoms with van der Waals surface area (Å²) in [6.45, 7) is 3.95. The van der Waals surface area contributed by atoms with E-state index < -0.39 is 18.1 Å². The van der Waals surface area contributed by atoms with Crippen LogP contribution in [0.4, 0.5) is 13.2 Å². The first kappa shape index (κ1) is 19.9. The number of carbonyl (C=O) groups is 2. The Balaban J connectivity index is 0.000000176. The van der Waals surface area contributed by atoms with Crippen molar-refractivity contribution in [2.75, 3.05) is 19.6 Å². The zero-order chi connectivity index (χ0) is 20.3. The van der Waals surface area contributed by atoms with Gasteiger partial charge in [0, 0.05) is 11.9 Å². The summed E-state index contributed by atoms with van der Waals surface area (Å²) in [5.41, 5.74) is -0.0375. The Morgan fingerprint density at radius 3 is 2.57 bits per heavy atom. The number of halogens is 3. The quantitative estimate of drug-likeness (QED) is 0.758. The average molecular weight is 401 g/mol. The van der Waals surface area contributed by atoms with E-state index in [2.05, 4.69) is 19.8 Å². The largest absolute Gasteiger partial charge is 0.573 e. The minimum atomic E-state index is -4.82. The van der Waals surface area contributed by atoms with E-state index in [9.17, 15) is 22.8 Å². The maximum atomic E-state index is 12.0. The molecular formula is C17H18F3N3O5. The van der Waals surface area contributed by atoms with Crippen molar-refractivity contribution in [3.63, 3.8) is 0 Å². The second-order valence-corrected chi connectivity index (χ2v) is 6.54. The number of nitrogens with one attached hydrogen (secondary N) is 1. The number of H-pyrrole nitrogens is 1. The Kier molecular flexibility index (Phi) is 5.73. The maximum Gasteiger partial charge on any atom is 0.573 e. The number of fused-ring (bicyclic) bond motifs is 4. The molecule has 3 aliphatic rings. The third-order valence-corrected chi connectivity index (χ3v) is 4.80. The van der Waals surface area contributed by atoms with Crippen LogP contribution in [0, 0.1) is 5.92 Å². The summed E-state index contributed by atoms with van der Waals surface area (Å²) in [6.07, 6.45) is -2.22. The first-order valence-electron chi connectivity index (χ1n) is 8.55. The van der Waals surface area contributed by atoms with Crippen molar-refractivity contribution in [2.24, 2.45) is 5.92 Å². The highest BCUT2D eigenvalue weighted by Gasteiger charge is 2.35.